The van der Waals surface area contributed by atoms with Crippen molar-refractivity contribution in [2.75, 3.05) is 0 Å². The van der Waals surface area contributed by atoms with Crippen molar-refractivity contribution in [3.05, 3.63) is 66.5 Å². The van der Waals surface area contributed by atoms with Gasteiger partial charge in [0, 0.05) is 8.95 Å². The third-order valence-corrected chi connectivity index (χ3v) is 4.54. The van der Waals surface area contributed by atoms with Crippen LogP contribution in [0, 0.1) is 6.92 Å². The molecule has 1 unspecified atom stereocenters. The Morgan fingerprint density at radius 1 is 1.05 bits per heavy atom. The van der Waals surface area contributed by atoms with Gasteiger partial charge in [-0.1, -0.05) is 37.9 Å². The highest BCUT2D eigenvalue weighted by atomic mass is 79.9. The predicted octanol–water partition coefficient (Wildman–Crippen LogP) is 3.74. The van der Waals surface area contributed by atoms with E-state index in [-0.39, 0.29) is 11.7 Å². The van der Waals surface area contributed by atoms with Crippen molar-refractivity contribution >= 4 is 42.9 Å². The van der Waals surface area contributed by atoms with E-state index in [0.717, 1.165) is 36.7 Å². The summed E-state index contributed by atoms with van der Waals surface area (Å²) in [4.78, 5) is 16.9. The molecule has 2 aromatic carbocycles. The zero-order chi connectivity index (χ0) is 15.1. The summed E-state index contributed by atoms with van der Waals surface area (Å²) < 4.78 is 1.87. The number of rotatable bonds is 2. The fourth-order valence-electron chi connectivity index (χ4n) is 2.43. The molecule has 0 amide bonds. The lowest BCUT2D eigenvalue weighted by atomic mass is 9.98. The van der Waals surface area contributed by atoms with E-state index in [1.54, 1.807) is 0 Å². The van der Waals surface area contributed by atoms with Crippen LogP contribution in [0.25, 0.3) is 11.0 Å². The molecule has 0 radical (unpaired) electrons. The Labute approximate surface area is 138 Å². The number of nitrogens with two attached hydrogens (primary N) is 1. The zero-order valence-electron chi connectivity index (χ0n) is 11.2. The van der Waals surface area contributed by atoms with Crippen molar-refractivity contribution in [3.8, 4) is 0 Å². The molecule has 4 N–H and O–H groups in total. The number of halogens is 2. The molecular weight excluding hydrogens is 398 g/mol. The second-order valence-electron chi connectivity index (χ2n) is 5.04. The molecule has 6 heteroatoms. The minimum atomic E-state index is -0.279. The van der Waals surface area contributed by atoms with Gasteiger partial charge in [0.05, 0.1) is 17.1 Å². The van der Waals surface area contributed by atoms with E-state index in [4.69, 9.17) is 5.73 Å². The monoisotopic (exact) mass is 409 g/mol. The second kappa shape index (κ2) is 5.44. The number of benzene rings is 2. The minimum Gasteiger partial charge on any atom is -0.320 e. The van der Waals surface area contributed by atoms with E-state index in [9.17, 15) is 4.79 Å². The Balaban J connectivity index is 2.13. The number of H-pyrrole nitrogens is 2. The summed E-state index contributed by atoms with van der Waals surface area (Å²) in [6.45, 7) is 2.03. The van der Waals surface area contributed by atoms with E-state index in [2.05, 4.69) is 47.9 Å². The summed E-state index contributed by atoms with van der Waals surface area (Å²) in [7, 11) is 0. The molecule has 0 aliphatic rings. The van der Waals surface area contributed by atoms with E-state index in [1.807, 2.05) is 31.2 Å². The summed E-state index contributed by atoms with van der Waals surface area (Å²) in [5, 5.41) is 0. The fourth-order valence-corrected chi connectivity index (χ4v) is 3.65. The molecule has 1 aromatic heterocycles. The van der Waals surface area contributed by atoms with Crippen LogP contribution in [-0.2, 0) is 0 Å². The zero-order valence-corrected chi connectivity index (χ0v) is 14.4. The van der Waals surface area contributed by atoms with Gasteiger partial charge in [0.1, 0.15) is 0 Å². The number of aryl methyl sites for hydroxylation is 1. The molecule has 0 aliphatic heterocycles. The maximum atomic E-state index is 11.4. The first kappa shape index (κ1) is 14.6. The largest absolute Gasteiger partial charge is 0.323 e. The van der Waals surface area contributed by atoms with E-state index in [0.29, 0.717) is 0 Å². The van der Waals surface area contributed by atoms with Gasteiger partial charge in [0.2, 0.25) is 0 Å². The third kappa shape index (κ3) is 2.84. The first-order valence-electron chi connectivity index (χ1n) is 6.38. The smallest absolute Gasteiger partial charge is 0.320 e. The van der Waals surface area contributed by atoms with Crippen LogP contribution in [0.2, 0.25) is 0 Å². The van der Waals surface area contributed by atoms with Crippen LogP contribution in [0.5, 0.6) is 0 Å². The van der Waals surface area contributed by atoms with Crippen LogP contribution >= 0.6 is 31.9 Å². The maximum Gasteiger partial charge on any atom is 0.323 e. The molecule has 1 heterocycles. The Morgan fingerprint density at radius 3 is 2.38 bits per heavy atom. The topological polar surface area (TPSA) is 74.7 Å². The van der Waals surface area contributed by atoms with E-state index in [1.165, 1.54) is 0 Å². The van der Waals surface area contributed by atoms with Gasteiger partial charge in [0.25, 0.3) is 0 Å². The Hall–Kier alpha value is -1.37. The number of aromatic amines is 2. The summed E-state index contributed by atoms with van der Waals surface area (Å²) in [5.74, 6) is 0. The number of hydrogen-bond acceptors (Lipinski definition) is 2. The highest BCUT2D eigenvalue weighted by Crippen LogP contribution is 2.31. The third-order valence-electron chi connectivity index (χ3n) is 3.39. The molecular formula is C15H13Br2N3O. The van der Waals surface area contributed by atoms with Gasteiger partial charge in [-0.2, -0.15) is 0 Å². The van der Waals surface area contributed by atoms with E-state index < -0.39 is 0 Å². The Morgan fingerprint density at radius 2 is 1.71 bits per heavy atom. The van der Waals surface area contributed by atoms with Gasteiger partial charge >= 0.3 is 5.69 Å². The van der Waals surface area contributed by atoms with Crippen LogP contribution in [0.4, 0.5) is 0 Å². The van der Waals surface area contributed by atoms with E-state index >= 15 is 0 Å². The Kier molecular flexibility index (Phi) is 3.77. The van der Waals surface area contributed by atoms with Gasteiger partial charge in [-0.05, 0) is 47.9 Å². The highest BCUT2D eigenvalue weighted by Gasteiger charge is 2.15. The lowest BCUT2D eigenvalue weighted by Gasteiger charge is -2.16. The second-order valence-corrected chi connectivity index (χ2v) is 6.81. The summed E-state index contributed by atoms with van der Waals surface area (Å²) in [6.07, 6.45) is 0. The molecule has 1 atom stereocenters. The van der Waals surface area contributed by atoms with Gasteiger partial charge in [-0.15, -0.1) is 0 Å². The molecule has 3 aromatic rings. The van der Waals surface area contributed by atoms with Crippen LogP contribution in [-0.4, -0.2) is 9.97 Å². The summed E-state index contributed by atoms with van der Waals surface area (Å²) >= 11 is 7.03. The Bertz CT molecular complexity index is 862. The molecule has 0 saturated heterocycles. The molecule has 3 rings (SSSR count). The van der Waals surface area contributed by atoms with Gasteiger partial charge in [-0.25, -0.2) is 4.79 Å². The average molecular weight is 411 g/mol. The van der Waals surface area contributed by atoms with Crippen LogP contribution < -0.4 is 11.4 Å². The number of fused-ring (bicyclic) bond motifs is 1. The molecule has 0 aliphatic carbocycles. The number of nitrogens with one attached hydrogen (secondary N) is 2. The van der Waals surface area contributed by atoms with Crippen molar-refractivity contribution in [2.24, 2.45) is 5.73 Å². The van der Waals surface area contributed by atoms with Crippen molar-refractivity contribution in [3.63, 3.8) is 0 Å². The molecule has 4 nitrogen and oxygen atoms in total. The van der Waals surface area contributed by atoms with Crippen molar-refractivity contribution < 1.29 is 0 Å². The van der Waals surface area contributed by atoms with Crippen molar-refractivity contribution in [1.29, 1.82) is 0 Å². The standard InChI is InChI=1S/C15H13Br2N3O/c1-7-2-8(4-9(16)3-7)14(18)10-5-12-13(6-11(10)17)20-15(21)19-12/h2-6,14H,18H2,1H3,(H2,19,20,21). The molecule has 21 heavy (non-hydrogen) atoms. The fraction of sp³-hybridized carbons (Fsp3) is 0.133. The van der Waals surface area contributed by atoms with Gasteiger partial charge in [0.15, 0.2) is 0 Å². The first-order valence-corrected chi connectivity index (χ1v) is 7.97. The van der Waals surface area contributed by atoms with Crippen molar-refractivity contribution in [2.45, 2.75) is 13.0 Å². The van der Waals surface area contributed by atoms with Crippen molar-refractivity contribution in [1.82, 2.24) is 9.97 Å². The lowest BCUT2D eigenvalue weighted by Crippen LogP contribution is -2.12. The molecule has 0 bridgehead atoms. The summed E-state index contributed by atoms with van der Waals surface area (Å²) in [6, 6.07) is 9.60. The predicted molar refractivity (Wildman–Crippen MR) is 91.5 cm³/mol. The van der Waals surface area contributed by atoms with Crippen LogP contribution in [0.1, 0.15) is 22.7 Å². The normalized spacial score (nSPS) is 12.8. The molecule has 0 saturated carbocycles. The number of aromatic nitrogens is 2. The SMILES string of the molecule is Cc1cc(Br)cc(C(N)c2cc3[nH]c(=O)[nH]c3cc2Br)c1. The quantitative estimate of drug-likeness (QED) is 0.601. The average Bonchev–Trinajstić information content (AvgIpc) is 2.75. The van der Waals surface area contributed by atoms with Gasteiger partial charge < -0.3 is 15.7 Å². The molecule has 108 valence electrons. The van der Waals surface area contributed by atoms with Gasteiger partial charge in [-0.3, -0.25) is 0 Å². The minimum absolute atomic E-state index is 0.221. The van der Waals surface area contributed by atoms with Crippen LogP contribution in [0.15, 0.2) is 44.1 Å². The number of hydrogen-bond donors (Lipinski definition) is 3. The maximum absolute atomic E-state index is 11.4. The number of imidazole rings is 1. The first-order chi connectivity index (χ1) is 9.94. The summed E-state index contributed by atoms with van der Waals surface area (Å²) in [5.41, 5.74) is 10.8. The molecule has 0 spiro atoms. The van der Waals surface area contributed by atoms with Crippen LogP contribution in [0.3, 0.4) is 0 Å². The highest BCUT2D eigenvalue weighted by molar-refractivity contribution is 9.10. The molecule has 0 fully saturated rings. The lowest BCUT2D eigenvalue weighted by molar-refractivity contribution is 0.865.